The van der Waals surface area contributed by atoms with Gasteiger partial charge in [0.25, 0.3) is 0 Å². The van der Waals surface area contributed by atoms with Gasteiger partial charge in [-0.1, -0.05) is 194 Å². The molecule has 60 heavy (non-hydrogen) atoms. The SMILES string of the molecule is [2H]C(CCCCCCCCCCCCCCCC)C(=O)C(O)[C@H]1OC(O)[C@@](O)(N(C)C(=O)N(CCCl)N=O)[C@](O)(C(=O)C([2H])CCCCCCCCCCCCCCCC)[C@@H]1O. The van der Waals surface area contributed by atoms with E-state index >= 15 is 0 Å². The summed E-state index contributed by atoms with van der Waals surface area (Å²) in [6, 6.07) is -1.45. The van der Waals surface area contributed by atoms with Crippen molar-refractivity contribution in [2.24, 2.45) is 5.29 Å². The van der Waals surface area contributed by atoms with Gasteiger partial charge in [-0.3, -0.25) is 14.5 Å². The van der Waals surface area contributed by atoms with Gasteiger partial charge in [-0.15, -0.1) is 16.5 Å². The first-order valence-electron chi connectivity index (χ1n) is 24.9. The third-order valence-electron chi connectivity index (χ3n) is 12.1. The van der Waals surface area contributed by atoms with E-state index in [1.807, 2.05) is 0 Å². The Morgan fingerprint density at radius 1 is 0.667 bits per heavy atom. The molecule has 0 bridgehead atoms. The van der Waals surface area contributed by atoms with Gasteiger partial charge < -0.3 is 30.3 Å². The van der Waals surface area contributed by atoms with Crippen molar-refractivity contribution < 1.29 is 47.4 Å². The number of likely N-dealkylation sites (N-methyl/N-ethyl adjacent to an activating group) is 1. The first-order valence-corrected chi connectivity index (χ1v) is 24.3. The molecule has 0 aromatic heterocycles. The molecule has 0 aromatic rings. The smallest absolute Gasteiger partial charge is 0.345 e. The number of ketones is 2. The van der Waals surface area contributed by atoms with E-state index in [2.05, 4.69) is 19.1 Å². The van der Waals surface area contributed by atoms with E-state index < -0.39 is 72.9 Å². The van der Waals surface area contributed by atoms with E-state index in [0.717, 1.165) is 58.4 Å². The molecule has 0 aromatic carbocycles. The number of alkyl halides is 1. The molecule has 2 amide bonds. The number of carbonyl (C=O) groups is 3. The monoisotopic (exact) mass is 878 g/mol. The maximum absolute atomic E-state index is 14.1. The Bertz CT molecular complexity index is 1230. The van der Waals surface area contributed by atoms with Crippen LogP contribution >= 0.6 is 11.6 Å². The van der Waals surface area contributed by atoms with Crippen LogP contribution in [-0.2, 0) is 14.3 Å². The Kier molecular flexibility index (Phi) is 29.6. The van der Waals surface area contributed by atoms with E-state index in [1.54, 1.807) is 0 Å². The van der Waals surface area contributed by atoms with Crippen LogP contribution in [0.5, 0.6) is 0 Å². The molecule has 0 saturated carbocycles. The number of Topliss-reactive ketones (excluding diaryl/α,β-unsaturated/α-hetero) is 2. The predicted molar refractivity (Wildman–Crippen MR) is 238 cm³/mol. The summed E-state index contributed by atoms with van der Waals surface area (Å²) >= 11 is 5.69. The molecular formula is C46H86ClN3O10. The number of nitroso groups, excluding NO2 is 1. The third-order valence-corrected chi connectivity index (χ3v) is 12.3. The second-order valence-corrected chi connectivity index (χ2v) is 17.4. The molecule has 0 aliphatic carbocycles. The lowest BCUT2D eigenvalue weighted by atomic mass is 9.72. The maximum atomic E-state index is 14.1. The minimum Gasteiger partial charge on any atom is -0.387 e. The van der Waals surface area contributed by atoms with Crippen molar-refractivity contribution in [2.75, 3.05) is 19.5 Å². The number of nitrogens with zero attached hydrogens (tertiary/aromatic N) is 3. The number of ether oxygens (including phenoxy) is 1. The maximum Gasteiger partial charge on any atom is 0.345 e. The van der Waals surface area contributed by atoms with E-state index in [-0.39, 0.29) is 28.6 Å². The zero-order chi connectivity index (χ0) is 46.4. The van der Waals surface area contributed by atoms with E-state index in [4.69, 9.17) is 19.1 Å². The molecular weight excluding hydrogens is 790 g/mol. The highest BCUT2D eigenvalue weighted by Gasteiger charge is 2.72. The van der Waals surface area contributed by atoms with Gasteiger partial charge >= 0.3 is 6.03 Å². The van der Waals surface area contributed by atoms with Gasteiger partial charge in [0.2, 0.25) is 17.6 Å². The molecule has 1 heterocycles. The quantitative estimate of drug-likeness (QED) is 0.0130. The van der Waals surface area contributed by atoms with Crippen molar-refractivity contribution in [1.82, 2.24) is 9.91 Å². The lowest BCUT2D eigenvalue weighted by Gasteiger charge is -2.56. The number of hydrogen-bond donors (Lipinski definition) is 5. The minimum absolute atomic E-state index is 0.0761. The van der Waals surface area contributed by atoms with Gasteiger partial charge in [0.1, 0.15) is 18.3 Å². The average molecular weight is 879 g/mol. The molecule has 1 saturated heterocycles. The van der Waals surface area contributed by atoms with Crippen LogP contribution in [0.2, 0.25) is 0 Å². The van der Waals surface area contributed by atoms with Crippen LogP contribution < -0.4 is 0 Å². The molecule has 352 valence electrons. The molecule has 13 nitrogen and oxygen atoms in total. The van der Waals surface area contributed by atoms with E-state index in [0.29, 0.717) is 19.3 Å². The zero-order valence-corrected chi connectivity index (χ0v) is 38.3. The van der Waals surface area contributed by atoms with Gasteiger partial charge in [0.05, 0.1) is 11.8 Å². The fourth-order valence-corrected chi connectivity index (χ4v) is 8.28. The predicted octanol–water partition coefficient (Wildman–Crippen LogP) is 9.78. The second-order valence-electron chi connectivity index (χ2n) is 17.0. The Morgan fingerprint density at radius 2 is 1.02 bits per heavy atom. The molecule has 4 unspecified atom stereocenters. The van der Waals surface area contributed by atoms with Crippen LogP contribution in [0.4, 0.5) is 4.79 Å². The molecule has 8 atom stereocenters. The van der Waals surface area contributed by atoms with Crippen molar-refractivity contribution in [3.63, 3.8) is 0 Å². The molecule has 0 spiro atoms. The molecule has 1 aliphatic rings. The minimum atomic E-state index is -3.63. The number of rotatable bonds is 39. The van der Waals surface area contributed by atoms with Gasteiger partial charge in [-0.05, 0) is 12.8 Å². The number of urea groups is 1. The van der Waals surface area contributed by atoms with E-state index in [9.17, 15) is 44.8 Å². The highest BCUT2D eigenvalue weighted by atomic mass is 35.5. The lowest BCUT2D eigenvalue weighted by Crippen LogP contribution is -2.83. The standard InChI is InChI=1S/C46H86ClN3O10/c1-4-6-8-10-12-14-16-18-20-22-24-26-28-30-32-34-38(51)40(53)41-42(54)45(57,46(58,43(55)60-41)49(3)44(56)50(48-59)37-36-47)39(52)35-33-31-29-27-25-23-21-19-17-15-13-11-9-7-5-2/h40-43,53-55,57-58H,4-37H2,1-3H3/t40?,41-,42-,43?,45+,46+/m1/s1/i34D,35D/t34?,35?,40?,41-,42-,43?,45+,46+. The Hall–Kier alpha value is -1.74. The largest absolute Gasteiger partial charge is 0.387 e. The summed E-state index contributed by atoms with van der Waals surface area (Å²) in [6.07, 6.45) is 17.5. The summed E-state index contributed by atoms with van der Waals surface area (Å²) in [6.45, 7) is 3.95. The Balaban J connectivity index is 2.89. The highest BCUT2D eigenvalue weighted by molar-refractivity contribution is 6.18. The molecule has 1 rings (SSSR count). The van der Waals surface area contributed by atoms with Crippen LogP contribution in [0.15, 0.2) is 5.29 Å². The second kappa shape index (κ2) is 33.8. The fourth-order valence-electron chi connectivity index (χ4n) is 8.12. The summed E-state index contributed by atoms with van der Waals surface area (Å²) in [5, 5.41) is 60.9. The van der Waals surface area contributed by atoms with Crippen molar-refractivity contribution in [2.45, 2.75) is 255 Å². The normalized spacial score (nSPS) is 23.6. The topological polar surface area (TPSA) is 197 Å². The number of carbonyl (C=O) groups excluding carboxylic acids is 3. The summed E-state index contributed by atoms with van der Waals surface area (Å²) in [5.41, 5.74) is -7.19. The summed E-state index contributed by atoms with van der Waals surface area (Å²) in [7, 11) is 0.803. The third kappa shape index (κ3) is 19.3. The summed E-state index contributed by atoms with van der Waals surface area (Å²) in [4.78, 5) is 52.4. The van der Waals surface area contributed by atoms with Crippen molar-refractivity contribution in [3.05, 3.63) is 4.91 Å². The molecule has 5 N–H and O–H groups in total. The van der Waals surface area contributed by atoms with Gasteiger partial charge in [0, 0.05) is 28.5 Å². The lowest BCUT2D eigenvalue weighted by molar-refractivity contribution is -0.386. The van der Waals surface area contributed by atoms with Crippen molar-refractivity contribution in [1.29, 1.82) is 0 Å². The van der Waals surface area contributed by atoms with Crippen LogP contribution in [-0.4, -0.2) is 108 Å². The molecule has 1 fully saturated rings. The Labute approximate surface area is 370 Å². The van der Waals surface area contributed by atoms with Crippen molar-refractivity contribution in [3.8, 4) is 0 Å². The van der Waals surface area contributed by atoms with Crippen LogP contribution in [0.25, 0.3) is 0 Å². The summed E-state index contributed by atoms with van der Waals surface area (Å²) < 4.78 is 22.4. The number of amides is 2. The van der Waals surface area contributed by atoms with Crippen LogP contribution in [0, 0.1) is 4.91 Å². The number of halogens is 1. The fraction of sp³-hybridized carbons (Fsp3) is 0.935. The van der Waals surface area contributed by atoms with Crippen molar-refractivity contribution >= 4 is 29.2 Å². The van der Waals surface area contributed by atoms with Gasteiger partial charge in [0.15, 0.2) is 11.6 Å². The summed E-state index contributed by atoms with van der Waals surface area (Å²) in [5.74, 6) is -2.90. The first-order chi connectivity index (χ1) is 29.7. The van der Waals surface area contributed by atoms with Gasteiger partial charge in [-0.25, -0.2) is 4.79 Å². The molecule has 0 radical (unpaired) electrons. The number of unbranched alkanes of at least 4 members (excludes halogenated alkanes) is 26. The van der Waals surface area contributed by atoms with Crippen LogP contribution in [0.1, 0.15) is 222 Å². The molecule has 1 aliphatic heterocycles. The highest BCUT2D eigenvalue weighted by Crippen LogP contribution is 2.42. The zero-order valence-electron chi connectivity index (χ0n) is 39.6. The van der Waals surface area contributed by atoms with Crippen LogP contribution in [0.3, 0.4) is 0 Å². The first kappa shape index (κ1) is 52.6. The average Bonchev–Trinajstić information content (AvgIpc) is 3.27. The number of hydrogen-bond acceptors (Lipinski definition) is 11. The Morgan fingerprint density at radius 3 is 1.37 bits per heavy atom. The van der Waals surface area contributed by atoms with Gasteiger partial charge in [-0.2, -0.15) is 5.01 Å². The number of aliphatic hydroxyl groups is 5. The number of aliphatic hydroxyl groups excluding tert-OH is 3. The molecule has 14 heteroatoms. The van der Waals surface area contributed by atoms with E-state index in [1.165, 1.54) is 109 Å².